The fourth-order valence-corrected chi connectivity index (χ4v) is 2.91. The third-order valence-electron chi connectivity index (χ3n) is 4.27. The Morgan fingerprint density at radius 2 is 1.89 bits per heavy atom. The summed E-state index contributed by atoms with van der Waals surface area (Å²) in [6.07, 6.45) is 4.38. The van der Waals surface area contributed by atoms with E-state index in [1.54, 1.807) is 4.90 Å². The van der Waals surface area contributed by atoms with Crippen LogP contribution >= 0.6 is 0 Å². The lowest BCUT2D eigenvalue weighted by atomic mass is 9.82. The minimum absolute atomic E-state index is 0.187. The Kier molecular flexibility index (Phi) is 4.59. The first-order chi connectivity index (χ1) is 9.13. The lowest BCUT2D eigenvalue weighted by Gasteiger charge is -2.29. The third-order valence-corrected chi connectivity index (χ3v) is 4.27. The number of carbonyl (C=O) groups excluding carboxylic acids is 1. The van der Waals surface area contributed by atoms with E-state index >= 15 is 0 Å². The van der Waals surface area contributed by atoms with E-state index in [9.17, 15) is 4.79 Å². The zero-order valence-corrected chi connectivity index (χ0v) is 11.9. The first-order valence-electron chi connectivity index (χ1n) is 7.19. The van der Waals surface area contributed by atoms with Gasteiger partial charge in [0.25, 0.3) is 0 Å². The first-order valence-corrected chi connectivity index (χ1v) is 7.19. The Morgan fingerprint density at radius 3 is 2.53 bits per heavy atom. The number of benzene rings is 1. The summed E-state index contributed by atoms with van der Waals surface area (Å²) in [6.45, 7) is 2.74. The van der Waals surface area contributed by atoms with Gasteiger partial charge in [-0.15, -0.1) is 0 Å². The number of hydrogen-bond acceptors (Lipinski definition) is 2. The van der Waals surface area contributed by atoms with Crippen molar-refractivity contribution in [1.82, 2.24) is 0 Å². The van der Waals surface area contributed by atoms with Gasteiger partial charge in [-0.3, -0.25) is 4.79 Å². The second kappa shape index (κ2) is 6.20. The number of amides is 1. The maximum absolute atomic E-state index is 12.6. The van der Waals surface area contributed by atoms with Gasteiger partial charge < -0.3 is 10.6 Å². The molecule has 0 radical (unpaired) electrons. The van der Waals surface area contributed by atoms with Crippen LogP contribution in [0.1, 0.15) is 38.2 Å². The summed E-state index contributed by atoms with van der Waals surface area (Å²) < 4.78 is 0. The Hall–Kier alpha value is -1.35. The second-order valence-electron chi connectivity index (χ2n) is 5.69. The SMILES string of the molecule is CC1CCC(C(=O)N(C)c2ccccc2CN)CC1. The van der Waals surface area contributed by atoms with Crippen LogP contribution in [0.25, 0.3) is 0 Å². The summed E-state index contributed by atoms with van der Waals surface area (Å²) in [7, 11) is 1.87. The van der Waals surface area contributed by atoms with Crippen molar-refractivity contribution in [3.8, 4) is 0 Å². The molecular weight excluding hydrogens is 236 g/mol. The highest BCUT2D eigenvalue weighted by molar-refractivity contribution is 5.95. The van der Waals surface area contributed by atoms with Gasteiger partial charge in [0.2, 0.25) is 5.91 Å². The van der Waals surface area contributed by atoms with Crippen molar-refractivity contribution < 1.29 is 4.79 Å². The number of rotatable bonds is 3. The Balaban J connectivity index is 2.10. The maximum Gasteiger partial charge on any atom is 0.229 e. The van der Waals surface area contributed by atoms with Gasteiger partial charge in [-0.1, -0.05) is 25.1 Å². The van der Waals surface area contributed by atoms with Crippen molar-refractivity contribution in [1.29, 1.82) is 0 Å². The van der Waals surface area contributed by atoms with Gasteiger partial charge in [-0.2, -0.15) is 0 Å². The molecule has 0 unspecified atom stereocenters. The van der Waals surface area contributed by atoms with Gasteiger partial charge in [0, 0.05) is 25.2 Å². The summed E-state index contributed by atoms with van der Waals surface area (Å²) >= 11 is 0. The van der Waals surface area contributed by atoms with Crippen molar-refractivity contribution in [2.75, 3.05) is 11.9 Å². The molecule has 2 N–H and O–H groups in total. The lowest BCUT2D eigenvalue weighted by Crippen LogP contribution is -2.35. The molecule has 1 aliphatic carbocycles. The van der Waals surface area contributed by atoms with Gasteiger partial charge in [-0.05, 0) is 43.2 Å². The van der Waals surface area contributed by atoms with Crippen LogP contribution in [0.3, 0.4) is 0 Å². The predicted octanol–water partition coefficient (Wildman–Crippen LogP) is 2.93. The van der Waals surface area contributed by atoms with E-state index in [0.717, 1.165) is 30.0 Å². The minimum atomic E-state index is 0.187. The summed E-state index contributed by atoms with van der Waals surface area (Å²) in [6, 6.07) is 7.89. The van der Waals surface area contributed by atoms with Crippen LogP contribution in [0, 0.1) is 11.8 Å². The molecule has 2 rings (SSSR count). The summed E-state index contributed by atoms with van der Waals surface area (Å²) in [4.78, 5) is 14.4. The average molecular weight is 260 g/mol. The fraction of sp³-hybridized carbons (Fsp3) is 0.562. The van der Waals surface area contributed by atoms with Crippen LogP contribution < -0.4 is 10.6 Å². The number of anilines is 1. The summed E-state index contributed by atoms with van der Waals surface area (Å²) in [5.41, 5.74) is 7.73. The molecule has 1 aromatic rings. The molecule has 1 saturated carbocycles. The largest absolute Gasteiger partial charge is 0.326 e. The van der Waals surface area contributed by atoms with Crippen LogP contribution in [-0.4, -0.2) is 13.0 Å². The Bertz CT molecular complexity index is 436. The highest BCUT2D eigenvalue weighted by Crippen LogP contribution is 2.31. The van der Waals surface area contributed by atoms with Crippen molar-refractivity contribution >= 4 is 11.6 Å². The zero-order chi connectivity index (χ0) is 13.8. The average Bonchev–Trinajstić information content (AvgIpc) is 2.46. The Morgan fingerprint density at radius 1 is 1.26 bits per heavy atom. The van der Waals surface area contributed by atoms with Crippen molar-refractivity contribution in [2.45, 2.75) is 39.2 Å². The molecule has 3 nitrogen and oxygen atoms in total. The van der Waals surface area contributed by atoms with E-state index in [-0.39, 0.29) is 11.8 Å². The molecule has 0 bridgehead atoms. The van der Waals surface area contributed by atoms with E-state index in [0.29, 0.717) is 6.54 Å². The second-order valence-corrected chi connectivity index (χ2v) is 5.69. The molecule has 0 heterocycles. The standard InChI is InChI=1S/C16H24N2O/c1-12-7-9-13(10-8-12)16(19)18(2)15-6-4-3-5-14(15)11-17/h3-6,12-13H,7-11,17H2,1-2H3. The van der Waals surface area contributed by atoms with Crippen molar-refractivity contribution in [3.63, 3.8) is 0 Å². The molecule has 1 aliphatic rings. The quantitative estimate of drug-likeness (QED) is 0.908. The normalized spacial score (nSPS) is 23.1. The molecule has 0 spiro atoms. The number of nitrogens with zero attached hydrogens (tertiary/aromatic N) is 1. The van der Waals surface area contributed by atoms with E-state index in [1.165, 1.54) is 12.8 Å². The van der Waals surface area contributed by atoms with E-state index in [4.69, 9.17) is 5.73 Å². The molecule has 0 aromatic heterocycles. The number of nitrogens with two attached hydrogens (primary N) is 1. The number of para-hydroxylation sites is 1. The molecule has 1 amide bonds. The molecule has 0 atom stereocenters. The number of hydrogen-bond donors (Lipinski definition) is 1. The number of carbonyl (C=O) groups is 1. The zero-order valence-electron chi connectivity index (χ0n) is 11.9. The fourth-order valence-electron chi connectivity index (χ4n) is 2.91. The smallest absolute Gasteiger partial charge is 0.229 e. The predicted molar refractivity (Wildman–Crippen MR) is 78.9 cm³/mol. The summed E-state index contributed by atoms with van der Waals surface area (Å²) in [5.74, 6) is 1.20. The van der Waals surface area contributed by atoms with Crippen molar-refractivity contribution in [3.05, 3.63) is 29.8 Å². The van der Waals surface area contributed by atoms with Crippen LogP contribution in [-0.2, 0) is 11.3 Å². The third kappa shape index (κ3) is 3.16. The van der Waals surface area contributed by atoms with Crippen LogP contribution in [0.5, 0.6) is 0 Å². The molecule has 104 valence electrons. The molecule has 19 heavy (non-hydrogen) atoms. The highest BCUT2D eigenvalue weighted by Gasteiger charge is 2.27. The van der Waals surface area contributed by atoms with Gasteiger partial charge in [0.05, 0.1) is 0 Å². The van der Waals surface area contributed by atoms with Crippen molar-refractivity contribution in [2.24, 2.45) is 17.6 Å². The Labute approximate surface area is 115 Å². The maximum atomic E-state index is 12.6. The molecule has 0 saturated heterocycles. The van der Waals surface area contributed by atoms with Gasteiger partial charge in [-0.25, -0.2) is 0 Å². The monoisotopic (exact) mass is 260 g/mol. The molecular formula is C16H24N2O. The van der Waals surface area contributed by atoms with Crippen LogP contribution in [0.15, 0.2) is 24.3 Å². The van der Waals surface area contributed by atoms with E-state index < -0.39 is 0 Å². The van der Waals surface area contributed by atoms with Gasteiger partial charge >= 0.3 is 0 Å². The minimum Gasteiger partial charge on any atom is -0.326 e. The highest BCUT2D eigenvalue weighted by atomic mass is 16.2. The van der Waals surface area contributed by atoms with Crippen LogP contribution in [0.4, 0.5) is 5.69 Å². The first kappa shape index (κ1) is 14.1. The molecule has 1 aromatic carbocycles. The van der Waals surface area contributed by atoms with E-state index in [2.05, 4.69) is 6.92 Å². The molecule has 1 fully saturated rings. The van der Waals surface area contributed by atoms with Gasteiger partial charge in [0.1, 0.15) is 0 Å². The van der Waals surface area contributed by atoms with Gasteiger partial charge in [0.15, 0.2) is 0 Å². The topological polar surface area (TPSA) is 46.3 Å². The lowest BCUT2D eigenvalue weighted by molar-refractivity contribution is -0.123. The molecule has 0 aliphatic heterocycles. The van der Waals surface area contributed by atoms with E-state index in [1.807, 2.05) is 31.3 Å². The van der Waals surface area contributed by atoms with Crippen LogP contribution in [0.2, 0.25) is 0 Å². The summed E-state index contributed by atoms with van der Waals surface area (Å²) in [5, 5.41) is 0. The molecule has 3 heteroatoms.